The van der Waals surface area contributed by atoms with Crippen molar-refractivity contribution in [2.45, 2.75) is 44.8 Å². The molecule has 2 aromatic carbocycles. The number of alkyl halides is 3. The van der Waals surface area contributed by atoms with Gasteiger partial charge in [-0.2, -0.15) is 18.2 Å². The molecule has 2 aliphatic rings. The highest BCUT2D eigenvalue weighted by Gasteiger charge is 2.37. The van der Waals surface area contributed by atoms with E-state index in [0.717, 1.165) is 25.9 Å². The Balaban J connectivity index is 1.40. The summed E-state index contributed by atoms with van der Waals surface area (Å²) in [7, 11) is 3.45. The van der Waals surface area contributed by atoms with Crippen molar-refractivity contribution < 1.29 is 37.0 Å². The second-order valence-corrected chi connectivity index (χ2v) is 10.9. The normalized spacial score (nSPS) is 17.7. The number of carbonyl (C=O) groups is 2. The Kier molecular flexibility index (Phi) is 9.23. The predicted octanol–water partition coefficient (Wildman–Crippen LogP) is 5.86. The molecule has 1 fully saturated rings. The van der Waals surface area contributed by atoms with Crippen LogP contribution in [0.1, 0.15) is 58.9 Å². The lowest BCUT2D eigenvalue weighted by molar-refractivity contribution is -0.139. The molecule has 234 valence electrons. The molecule has 1 aromatic heterocycles. The molecule has 44 heavy (non-hydrogen) atoms. The van der Waals surface area contributed by atoms with E-state index in [1.54, 1.807) is 18.2 Å². The minimum absolute atomic E-state index is 0.0231. The molecule has 5 rings (SSSR count). The molecule has 1 amide bonds. The van der Waals surface area contributed by atoms with Gasteiger partial charge in [0.15, 0.2) is 5.78 Å². The number of aromatic nitrogens is 2. The first-order valence-electron chi connectivity index (χ1n) is 14.4. The molecule has 1 saturated heterocycles. The van der Waals surface area contributed by atoms with Gasteiger partial charge in [0.25, 0.3) is 5.91 Å². The summed E-state index contributed by atoms with van der Waals surface area (Å²) in [6, 6.07) is 9.25. The highest BCUT2D eigenvalue weighted by molar-refractivity contribution is 6.02. The molecule has 3 heterocycles. The maximum atomic E-state index is 14.0. The van der Waals surface area contributed by atoms with Crippen LogP contribution in [0.15, 0.2) is 42.6 Å². The van der Waals surface area contributed by atoms with Crippen molar-refractivity contribution in [3.8, 4) is 23.1 Å². The summed E-state index contributed by atoms with van der Waals surface area (Å²) in [5.74, 6) is -1.17. The Morgan fingerprint density at radius 2 is 1.93 bits per heavy atom. The minimum Gasteiger partial charge on any atom is -0.495 e. The fourth-order valence-corrected chi connectivity index (χ4v) is 5.16. The third-order valence-corrected chi connectivity index (χ3v) is 7.82. The summed E-state index contributed by atoms with van der Waals surface area (Å²) in [6.07, 6.45) is -1.65. The van der Waals surface area contributed by atoms with E-state index < -0.39 is 17.6 Å². The fourth-order valence-electron chi connectivity index (χ4n) is 5.16. The number of halogens is 3. The van der Waals surface area contributed by atoms with Gasteiger partial charge in [0, 0.05) is 24.2 Å². The van der Waals surface area contributed by atoms with Crippen molar-refractivity contribution in [1.29, 1.82) is 0 Å². The van der Waals surface area contributed by atoms with Gasteiger partial charge in [-0.1, -0.05) is 13.0 Å². The monoisotopic (exact) mass is 613 g/mol. The predicted molar refractivity (Wildman–Crippen MR) is 156 cm³/mol. The number of nitrogens with zero attached hydrogens (tertiary/aromatic N) is 3. The lowest BCUT2D eigenvalue weighted by atomic mass is 9.97. The quantitative estimate of drug-likeness (QED) is 0.323. The molecule has 0 bridgehead atoms. The number of benzene rings is 2. The van der Waals surface area contributed by atoms with E-state index in [4.69, 9.17) is 14.2 Å². The smallest absolute Gasteiger partial charge is 0.423 e. The van der Waals surface area contributed by atoms with Gasteiger partial charge in [-0.15, -0.1) is 0 Å². The van der Waals surface area contributed by atoms with Gasteiger partial charge in [0.05, 0.1) is 19.4 Å². The first-order valence-corrected chi connectivity index (χ1v) is 14.4. The van der Waals surface area contributed by atoms with Gasteiger partial charge in [-0.25, -0.2) is 4.98 Å². The maximum Gasteiger partial charge on any atom is 0.423 e. The lowest BCUT2D eigenvalue weighted by Gasteiger charge is -2.29. The number of nitrogens with one attached hydrogen (secondary N) is 2. The van der Waals surface area contributed by atoms with Crippen LogP contribution >= 0.6 is 0 Å². The van der Waals surface area contributed by atoms with E-state index in [2.05, 4.69) is 25.5 Å². The van der Waals surface area contributed by atoms with Gasteiger partial charge in [-0.05, 0) is 75.6 Å². The zero-order chi connectivity index (χ0) is 31.4. The number of fused-ring (bicyclic) bond motifs is 1. The standard InChI is InChI=1S/C31H34F3N5O5/c1-4-18-14-23(40)27-24(43-17-18)6-5-7-25(27)44-29-21(31(32,33)34)16-35-30(38-29)37-22-9-8-19(15-26(22)42-3)28(41)36-20-10-12-39(2)13-11-20/h5-9,15-16,18,20H,4,10-14,17H2,1-3H3,(H,36,41)(H,35,37,38)/t18-/m1/s1. The number of amides is 1. The van der Waals surface area contributed by atoms with Gasteiger partial charge in [0.2, 0.25) is 11.8 Å². The molecule has 0 radical (unpaired) electrons. The van der Waals surface area contributed by atoms with Crippen LogP contribution < -0.4 is 24.8 Å². The van der Waals surface area contributed by atoms with E-state index in [-0.39, 0.29) is 58.8 Å². The number of methoxy groups -OCH3 is 1. The van der Waals surface area contributed by atoms with Crippen LogP contribution in [0.5, 0.6) is 23.1 Å². The van der Waals surface area contributed by atoms with Crippen molar-refractivity contribution in [3.05, 3.63) is 59.3 Å². The van der Waals surface area contributed by atoms with Gasteiger partial charge in [-0.3, -0.25) is 9.59 Å². The number of piperidine rings is 1. The SMILES string of the molecule is CC[C@H]1COc2cccc(Oc3nc(Nc4ccc(C(=O)NC5CCN(C)CC5)cc4OC)ncc3C(F)(F)F)c2C(=O)C1. The lowest BCUT2D eigenvalue weighted by Crippen LogP contribution is -2.43. The molecule has 3 aromatic rings. The van der Waals surface area contributed by atoms with E-state index in [1.807, 2.05) is 14.0 Å². The average Bonchev–Trinajstić information content (AvgIpc) is 3.16. The summed E-state index contributed by atoms with van der Waals surface area (Å²) in [6.45, 7) is 4.04. The molecule has 2 aliphatic heterocycles. The Bertz CT molecular complexity index is 1530. The van der Waals surface area contributed by atoms with Crippen molar-refractivity contribution in [1.82, 2.24) is 20.2 Å². The van der Waals surface area contributed by atoms with Crippen LogP contribution in [0.2, 0.25) is 0 Å². The summed E-state index contributed by atoms with van der Waals surface area (Å²) in [5.41, 5.74) is -0.468. The zero-order valence-corrected chi connectivity index (χ0v) is 24.7. The fraction of sp³-hybridized carbons (Fsp3) is 0.419. The first kappa shape index (κ1) is 31.0. The Morgan fingerprint density at radius 3 is 2.64 bits per heavy atom. The molecule has 0 saturated carbocycles. The van der Waals surface area contributed by atoms with Crippen LogP contribution in [0.4, 0.5) is 24.8 Å². The zero-order valence-electron chi connectivity index (χ0n) is 24.7. The first-order chi connectivity index (χ1) is 21.0. The Morgan fingerprint density at radius 1 is 1.16 bits per heavy atom. The molecular weight excluding hydrogens is 579 g/mol. The van der Waals surface area contributed by atoms with Gasteiger partial charge < -0.3 is 29.7 Å². The summed E-state index contributed by atoms with van der Waals surface area (Å²) in [5, 5.41) is 5.89. The maximum absolute atomic E-state index is 14.0. The third-order valence-electron chi connectivity index (χ3n) is 7.82. The minimum atomic E-state index is -4.84. The molecule has 2 N–H and O–H groups in total. The van der Waals surface area contributed by atoms with Crippen molar-refractivity contribution in [2.24, 2.45) is 5.92 Å². The number of ether oxygens (including phenoxy) is 3. The molecule has 0 aliphatic carbocycles. The van der Waals surface area contributed by atoms with E-state index >= 15 is 0 Å². The number of carbonyl (C=O) groups excluding carboxylic acids is 2. The van der Waals surface area contributed by atoms with E-state index in [1.165, 1.54) is 25.3 Å². The number of anilines is 2. The number of rotatable bonds is 8. The molecule has 13 heteroatoms. The number of ketones is 1. The second kappa shape index (κ2) is 13.1. The third kappa shape index (κ3) is 7.04. The summed E-state index contributed by atoms with van der Waals surface area (Å²) >= 11 is 0. The van der Waals surface area contributed by atoms with Gasteiger partial charge >= 0.3 is 6.18 Å². The average molecular weight is 614 g/mol. The van der Waals surface area contributed by atoms with Gasteiger partial charge in [0.1, 0.15) is 28.4 Å². The van der Waals surface area contributed by atoms with Crippen LogP contribution in [0.25, 0.3) is 0 Å². The van der Waals surface area contributed by atoms with Crippen LogP contribution in [0, 0.1) is 5.92 Å². The molecule has 10 nitrogen and oxygen atoms in total. The summed E-state index contributed by atoms with van der Waals surface area (Å²) in [4.78, 5) is 36.0. The molecule has 0 unspecified atom stereocenters. The number of likely N-dealkylation sites (tertiary alicyclic amines) is 1. The second-order valence-electron chi connectivity index (χ2n) is 10.9. The Hall–Kier alpha value is -4.39. The molecule has 1 atom stereocenters. The highest BCUT2D eigenvalue weighted by Crippen LogP contribution is 2.41. The Labute approximate surface area is 252 Å². The largest absolute Gasteiger partial charge is 0.495 e. The van der Waals surface area contributed by atoms with Crippen molar-refractivity contribution >= 4 is 23.3 Å². The van der Waals surface area contributed by atoms with Crippen molar-refractivity contribution in [2.75, 3.05) is 39.2 Å². The number of hydrogen-bond acceptors (Lipinski definition) is 9. The highest BCUT2D eigenvalue weighted by atomic mass is 19.4. The van der Waals surface area contributed by atoms with E-state index in [9.17, 15) is 22.8 Å². The number of Topliss-reactive ketones (excluding diaryl/α,β-unsaturated/α-hetero) is 1. The van der Waals surface area contributed by atoms with Crippen LogP contribution in [0.3, 0.4) is 0 Å². The topological polar surface area (TPSA) is 115 Å². The molecule has 0 spiro atoms. The number of hydrogen-bond donors (Lipinski definition) is 2. The summed E-state index contributed by atoms with van der Waals surface area (Å²) < 4.78 is 58.9. The molecular formula is C31H34F3N5O5. The van der Waals surface area contributed by atoms with Crippen LogP contribution in [-0.2, 0) is 6.18 Å². The van der Waals surface area contributed by atoms with E-state index in [0.29, 0.717) is 30.5 Å². The van der Waals surface area contributed by atoms with Crippen molar-refractivity contribution in [3.63, 3.8) is 0 Å². The van der Waals surface area contributed by atoms with Crippen LogP contribution in [-0.4, -0.2) is 66.5 Å².